The molecule has 0 aliphatic carbocycles. The number of anilines is 1. The number of esters is 1. The lowest BCUT2D eigenvalue weighted by Crippen LogP contribution is -2.57. The van der Waals surface area contributed by atoms with Gasteiger partial charge in [0.1, 0.15) is 0 Å². The van der Waals surface area contributed by atoms with Gasteiger partial charge >= 0.3 is 5.97 Å². The zero-order valence-corrected chi connectivity index (χ0v) is 13.8. The molecule has 0 bridgehead atoms. The smallest absolute Gasteiger partial charge is 0.320 e. The SMILES string of the molecule is CCOC(=O)CN1CCN(c2ccc(C)c(C)c2)C(=O)[C@@H]1C. The highest BCUT2D eigenvalue weighted by molar-refractivity contribution is 5.98. The molecule has 0 N–H and O–H groups in total. The third-order valence-corrected chi connectivity index (χ3v) is 4.22. The van der Waals surface area contributed by atoms with E-state index in [0.29, 0.717) is 19.7 Å². The van der Waals surface area contributed by atoms with Crippen LogP contribution in [0.3, 0.4) is 0 Å². The number of piperazine rings is 1. The lowest BCUT2D eigenvalue weighted by Gasteiger charge is -2.38. The molecule has 1 fully saturated rings. The van der Waals surface area contributed by atoms with E-state index >= 15 is 0 Å². The summed E-state index contributed by atoms with van der Waals surface area (Å²) < 4.78 is 4.96. The number of nitrogens with zero attached hydrogens (tertiary/aromatic N) is 2. The standard InChI is InChI=1S/C17H24N2O3/c1-5-22-16(20)11-18-8-9-19(17(21)14(18)4)15-7-6-12(2)13(3)10-15/h6-7,10,14H,5,8-9,11H2,1-4H3/t14-/m0/s1. The van der Waals surface area contributed by atoms with Gasteiger partial charge in [-0.15, -0.1) is 0 Å². The summed E-state index contributed by atoms with van der Waals surface area (Å²) in [5.41, 5.74) is 3.31. The van der Waals surface area contributed by atoms with E-state index in [-0.39, 0.29) is 24.5 Å². The molecule has 1 aromatic carbocycles. The van der Waals surface area contributed by atoms with Gasteiger partial charge in [-0.3, -0.25) is 14.5 Å². The Morgan fingerprint density at radius 1 is 1.27 bits per heavy atom. The highest BCUT2D eigenvalue weighted by atomic mass is 16.5. The predicted octanol–water partition coefficient (Wildman–Crippen LogP) is 1.90. The van der Waals surface area contributed by atoms with Crippen molar-refractivity contribution < 1.29 is 14.3 Å². The van der Waals surface area contributed by atoms with Crippen LogP contribution in [0.5, 0.6) is 0 Å². The maximum Gasteiger partial charge on any atom is 0.320 e. The summed E-state index contributed by atoms with van der Waals surface area (Å²) in [6, 6.07) is 5.74. The zero-order valence-electron chi connectivity index (χ0n) is 13.8. The highest BCUT2D eigenvalue weighted by Gasteiger charge is 2.33. The van der Waals surface area contributed by atoms with Gasteiger partial charge in [0.15, 0.2) is 0 Å². The van der Waals surface area contributed by atoms with Crippen molar-refractivity contribution in [3.63, 3.8) is 0 Å². The van der Waals surface area contributed by atoms with E-state index in [2.05, 4.69) is 6.92 Å². The quantitative estimate of drug-likeness (QED) is 0.797. The van der Waals surface area contributed by atoms with Gasteiger partial charge in [-0.05, 0) is 51.0 Å². The fourth-order valence-electron chi connectivity index (χ4n) is 2.65. The summed E-state index contributed by atoms with van der Waals surface area (Å²) in [6.07, 6.45) is 0. The van der Waals surface area contributed by atoms with Crippen LogP contribution in [0.1, 0.15) is 25.0 Å². The molecule has 5 nitrogen and oxygen atoms in total. The molecule has 0 saturated carbocycles. The Hall–Kier alpha value is -1.88. The van der Waals surface area contributed by atoms with Gasteiger partial charge in [0, 0.05) is 18.8 Å². The van der Waals surface area contributed by atoms with Crippen LogP contribution in [0.4, 0.5) is 5.69 Å². The van der Waals surface area contributed by atoms with E-state index in [9.17, 15) is 9.59 Å². The molecule has 1 atom stereocenters. The molecule has 120 valence electrons. The van der Waals surface area contributed by atoms with Gasteiger partial charge in [0.25, 0.3) is 0 Å². The average molecular weight is 304 g/mol. The Labute approximate surface area is 131 Å². The minimum atomic E-state index is -0.320. The van der Waals surface area contributed by atoms with Gasteiger partial charge in [-0.25, -0.2) is 0 Å². The van der Waals surface area contributed by atoms with Crippen LogP contribution < -0.4 is 4.90 Å². The Balaban J connectivity index is 2.08. The number of ether oxygens (including phenoxy) is 1. The fourth-order valence-corrected chi connectivity index (χ4v) is 2.65. The van der Waals surface area contributed by atoms with E-state index in [4.69, 9.17) is 4.74 Å². The van der Waals surface area contributed by atoms with Crippen LogP contribution in [0.2, 0.25) is 0 Å². The van der Waals surface area contributed by atoms with Crippen LogP contribution >= 0.6 is 0 Å². The Bertz CT molecular complexity index is 571. The van der Waals surface area contributed by atoms with E-state index in [1.165, 1.54) is 11.1 Å². The number of carbonyl (C=O) groups excluding carboxylic acids is 2. The molecule has 22 heavy (non-hydrogen) atoms. The fraction of sp³-hybridized carbons (Fsp3) is 0.529. The van der Waals surface area contributed by atoms with Gasteiger partial charge in [0.05, 0.1) is 19.2 Å². The van der Waals surface area contributed by atoms with Crippen molar-refractivity contribution in [3.8, 4) is 0 Å². The van der Waals surface area contributed by atoms with E-state index in [1.54, 1.807) is 11.8 Å². The average Bonchev–Trinajstić information content (AvgIpc) is 2.47. The minimum Gasteiger partial charge on any atom is -0.465 e. The summed E-state index contributed by atoms with van der Waals surface area (Å²) in [4.78, 5) is 27.9. The summed E-state index contributed by atoms with van der Waals surface area (Å²) >= 11 is 0. The predicted molar refractivity (Wildman–Crippen MR) is 85.9 cm³/mol. The first-order chi connectivity index (χ1) is 10.4. The third kappa shape index (κ3) is 3.47. The first-order valence-corrected chi connectivity index (χ1v) is 7.72. The van der Waals surface area contributed by atoms with E-state index in [1.807, 2.05) is 36.9 Å². The van der Waals surface area contributed by atoms with Crippen LogP contribution in [-0.2, 0) is 14.3 Å². The molecule has 5 heteroatoms. The summed E-state index contributed by atoms with van der Waals surface area (Å²) in [5.74, 6) is -0.249. The van der Waals surface area contributed by atoms with Crippen molar-refractivity contribution in [1.82, 2.24) is 4.90 Å². The first kappa shape index (κ1) is 16.5. The molecule has 1 aliphatic heterocycles. The van der Waals surface area contributed by atoms with Crippen LogP contribution in [0.15, 0.2) is 18.2 Å². The Morgan fingerprint density at radius 2 is 2.00 bits per heavy atom. The van der Waals surface area contributed by atoms with Crippen molar-refractivity contribution in [2.45, 2.75) is 33.7 Å². The lowest BCUT2D eigenvalue weighted by atomic mass is 10.1. The summed E-state index contributed by atoms with van der Waals surface area (Å²) in [7, 11) is 0. The second kappa shape index (κ2) is 6.92. The maximum absolute atomic E-state index is 12.6. The molecule has 1 amide bonds. The summed E-state index contributed by atoms with van der Waals surface area (Å²) in [6.45, 7) is 9.51. The lowest BCUT2D eigenvalue weighted by molar-refractivity contribution is -0.145. The van der Waals surface area contributed by atoms with Crippen molar-refractivity contribution in [1.29, 1.82) is 0 Å². The molecule has 0 radical (unpaired) electrons. The van der Waals surface area contributed by atoms with Crippen LogP contribution in [-0.4, -0.2) is 49.1 Å². The molecule has 2 rings (SSSR count). The topological polar surface area (TPSA) is 49.9 Å². The number of hydrogen-bond acceptors (Lipinski definition) is 4. The second-order valence-electron chi connectivity index (χ2n) is 5.71. The Kier molecular flexibility index (Phi) is 5.19. The summed E-state index contributed by atoms with van der Waals surface area (Å²) in [5, 5.41) is 0. The Morgan fingerprint density at radius 3 is 2.64 bits per heavy atom. The van der Waals surface area contributed by atoms with Crippen molar-refractivity contribution in [2.75, 3.05) is 31.1 Å². The molecular formula is C17H24N2O3. The number of amides is 1. The van der Waals surface area contributed by atoms with Crippen molar-refractivity contribution >= 4 is 17.6 Å². The van der Waals surface area contributed by atoms with Crippen molar-refractivity contribution in [3.05, 3.63) is 29.3 Å². The number of hydrogen-bond donors (Lipinski definition) is 0. The van der Waals surface area contributed by atoms with Crippen molar-refractivity contribution in [2.24, 2.45) is 0 Å². The number of rotatable bonds is 4. The normalized spacial score (nSPS) is 19.4. The van der Waals surface area contributed by atoms with Gasteiger partial charge < -0.3 is 9.64 Å². The largest absolute Gasteiger partial charge is 0.465 e. The van der Waals surface area contributed by atoms with Gasteiger partial charge in [-0.1, -0.05) is 6.07 Å². The molecule has 1 aliphatic rings. The highest BCUT2D eigenvalue weighted by Crippen LogP contribution is 2.23. The van der Waals surface area contributed by atoms with E-state index in [0.717, 1.165) is 5.69 Å². The zero-order chi connectivity index (χ0) is 16.3. The first-order valence-electron chi connectivity index (χ1n) is 7.72. The van der Waals surface area contributed by atoms with Gasteiger partial charge in [-0.2, -0.15) is 0 Å². The molecule has 0 aromatic heterocycles. The molecule has 0 unspecified atom stereocenters. The maximum atomic E-state index is 12.6. The van der Waals surface area contributed by atoms with Crippen LogP contribution in [0, 0.1) is 13.8 Å². The molecule has 1 aromatic rings. The monoisotopic (exact) mass is 304 g/mol. The van der Waals surface area contributed by atoms with Crippen LogP contribution in [0.25, 0.3) is 0 Å². The molecule has 1 heterocycles. The minimum absolute atomic E-state index is 0.0267. The second-order valence-corrected chi connectivity index (χ2v) is 5.71. The number of benzene rings is 1. The third-order valence-electron chi connectivity index (χ3n) is 4.22. The molecule has 0 spiro atoms. The number of aryl methyl sites for hydroxylation is 2. The number of carbonyl (C=O) groups is 2. The molecular weight excluding hydrogens is 280 g/mol. The van der Waals surface area contributed by atoms with Gasteiger partial charge in [0.2, 0.25) is 5.91 Å². The van der Waals surface area contributed by atoms with E-state index < -0.39 is 0 Å². The molecule has 1 saturated heterocycles.